The number of nitrogens with zero attached hydrogens (tertiary/aromatic N) is 2. The maximum atomic E-state index is 13.7. The van der Waals surface area contributed by atoms with Crippen molar-refractivity contribution in [2.75, 3.05) is 0 Å². The maximum absolute atomic E-state index is 13.7. The van der Waals surface area contributed by atoms with Gasteiger partial charge in [-0.05, 0) is 48.9 Å². The van der Waals surface area contributed by atoms with E-state index in [0.717, 1.165) is 41.8 Å². The normalized spacial score (nSPS) is 21.4. The van der Waals surface area contributed by atoms with Gasteiger partial charge in [-0.3, -0.25) is 9.59 Å². The number of benzene rings is 1. The monoisotopic (exact) mass is 447 g/mol. The lowest BCUT2D eigenvalue weighted by Gasteiger charge is -2.45. The molecule has 1 N–H and O–H groups in total. The molecule has 0 bridgehead atoms. The zero-order valence-electron chi connectivity index (χ0n) is 18.4. The van der Waals surface area contributed by atoms with Crippen LogP contribution in [0.5, 0.6) is 0 Å². The molecule has 166 valence electrons. The van der Waals surface area contributed by atoms with Crippen LogP contribution in [0.2, 0.25) is 0 Å². The summed E-state index contributed by atoms with van der Waals surface area (Å²) in [4.78, 5) is 30.3. The molecule has 0 saturated heterocycles. The van der Waals surface area contributed by atoms with Crippen LogP contribution in [-0.4, -0.2) is 32.9 Å². The van der Waals surface area contributed by atoms with Gasteiger partial charge in [0, 0.05) is 16.6 Å². The lowest BCUT2D eigenvalue weighted by Crippen LogP contribution is -2.64. The van der Waals surface area contributed by atoms with Gasteiger partial charge in [0.1, 0.15) is 11.2 Å². The molecule has 2 aliphatic rings. The maximum Gasteiger partial charge on any atom is 0.271 e. The fraction of sp³-hybridized carbons (Fsp3) is 0.385. The third-order valence-corrected chi connectivity index (χ3v) is 7.76. The van der Waals surface area contributed by atoms with Gasteiger partial charge in [-0.25, -0.2) is 0 Å². The van der Waals surface area contributed by atoms with Crippen LogP contribution in [0.1, 0.15) is 54.4 Å². The Morgan fingerprint density at radius 2 is 1.78 bits per heavy atom. The van der Waals surface area contributed by atoms with E-state index >= 15 is 0 Å². The van der Waals surface area contributed by atoms with Gasteiger partial charge in [0.05, 0.1) is 13.1 Å². The Kier molecular flexibility index (Phi) is 5.64. The Morgan fingerprint density at radius 3 is 2.50 bits per heavy atom. The number of thiophene rings is 1. The third kappa shape index (κ3) is 3.77. The molecule has 1 atom stereocenters. The van der Waals surface area contributed by atoms with E-state index in [-0.39, 0.29) is 17.9 Å². The van der Waals surface area contributed by atoms with Crippen molar-refractivity contribution in [3.8, 4) is 11.3 Å². The number of nitrogens with one attached hydrogen (secondary N) is 1. The number of amides is 2. The molecule has 1 aromatic carbocycles. The topological polar surface area (TPSA) is 54.3 Å². The summed E-state index contributed by atoms with van der Waals surface area (Å²) in [7, 11) is 0. The van der Waals surface area contributed by atoms with Gasteiger partial charge in [0.2, 0.25) is 5.91 Å². The molecule has 1 fully saturated rings. The van der Waals surface area contributed by atoms with Crippen molar-refractivity contribution in [1.29, 1.82) is 0 Å². The zero-order valence-corrected chi connectivity index (χ0v) is 19.2. The van der Waals surface area contributed by atoms with E-state index in [1.165, 1.54) is 6.42 Å². The number of carbonyl (C=O) groups excluding carboxylic acids is 2. The van der Waals surface area contributed by atoms with Gasteiger partial charge < -0.3 is 14.8 Å². The number of aromatic nitrogens is 1. The van der Waals surface area contributed by atoms with Gasteiger partial charge in [0.25, 0.3) is 5.91 Å². The van der Waals surface area contributed by atoms with Crippen LogP contribution in [0.15, 0.2) is 60.0 Å². The smallest absolute Gasteiger partial charge is 0.271 e. The molecule has 0 spiro atoms. The van der Waals surface area contributed by atoms with E-state index in [0.29, 0.717) is 18.8 Å². The molecule has 2 amide bonds. The molecule has 3 heterocycles. The van der Waals surface area contributed by atoms with Gasteiger partial charge in [-0.2, -0.15) is 0 Å². The predicted octanol–water partition coefficient (Wildman–Crippen LogP) is 5.08. The van der Waals surface area contributed by atoms with E-state index in [2.05, 4.69) is 5.32 Å². The van der Waals surface area contributed by atoms with Gasteiger partial charge in [-0.1, -0.05) is 55.7 Å². The number of hydrogen-bond acceptors (Lipinski definition) is 3. The summed E-state index contributed by atoms with van der Waals surface area (Å²) in [5.74, 6) is -0.138. The van der Waals surface area contributed by atoms with Crippen molar-refractivity contribution in [3.63, 3.8) is 0 Å². The van der Waals surface area contributed by atoms with Crippen molar-refractivity contribution in [2.24, 2.45) is 0 Å². The summed E-state index contributed by atoms with van der Waals surface area (Å²) < 4.78 is 2.03. The van der Waals surface area contributed by atoms with Crippen LogP contribution in [0.4, 0.5) is 0 Å². The summed E-state index contributed by atoms with van der Waals surface area (Å²) in [6.45, 7) is 2.81. The van der Waals surface area contributed by atoms with Crippen LogP contribution in [0.3, 0.4) is 0 Å². The highest BCUT2D eigenvalue weighted by molar-refractivity contribution is 7.09. The molecule has 32 heavy (non-hydrogen) atoms. The molecule has 5 rings (SSSR count). The van der Waals surface area contributed by atoms with E-state index in [1.54, 1.807) is 16.2 Å². The molecule has 1 aliphatic carbocycles. The lowest BCUT2D eigenvalue weighted by molar-refractivity contribution is -0.134. The van der Waals surface area contributed by atoms with Crippen molar-refractivity contribution < 1.29 is 9.59 Å². The summed E-state index contributed by atoms with van der Waals surface area (Å²) in [5.41, 5.74) is 1.70. The highest BCUT2D eigenvalue weighted by Gasteiger charge is 2.48. The standard InChI is InChI=1S/C26H29N3O2S/c1-26(25(31)27-20-11-6-3-7-12-20)18-28-22(19-9-4-2-5-10-19)14-15-23(28)24(30)29(26)17-21-13-8-16-32-21/h2,4-5,8-10,13-16,20H,3,6-7,11-12,17-18H2,1H3,(H,27,31). The lowest BCUT2D eigenvalue weighted by atomic mass is 9.91. The number of carbonyl (C=O) groups is 2. The molecular weight excluding hydrogens is 418 g/mol. The van der Waals surface area contributed by atoms with Gasteiger partial charge in [-0.15, -0.1) is 11.3 Å². The van der Waals surface area contributed by atoms with Crippen LogP contribution < -0.4 is 5.32 Å². The van der Waals surface area contributed by atoms with Crippen LogP contribution in [0.25, 0.3) is 11.3 Å². The highest BCUT2D eigenvalue weighted by atomic mass is 32.1. The minimum Gasteiger partial charge on any atom is -0.351 e. The molecule has 2 aromatic heterocycles. The number of fused-ring (bicyclic) bond motifs is 1. The average molecular weight is 448 g/mol. The fourth-order valence-corrected chi connectivity index (χ4v) is 5.72. The van der Waals surface area contributed by atoms with Crippen LogP contribution >= 0.6 is 11.3 Å². The predicted molar refractivity (Wildman–Crippen MR) is 127 cm³/mol. The fourth-order valence-electron chi connectivity index (χ4n) is 5.03. The Hall–Kier alpha value is -2.86. The average Bonchev–Trinajstić information content (AvgIpc) is 3.48. The minimum absolute atomic E-state index is 0.0485. The van der Waals surface area contributed by atoms with E-state index < -0.39 is 5.54 Å². The third-order valence-electron chi connectivity index (χ3n) is 6.90. The Bertz CT molecular complexity index is 1100. The first kappa shape index (κ1) is 21.0. The second-order valence-corrected chi connectivity index (χ2v) is 10.1. The summed E-state index contributed by atoms with van der Waals surface area (Å²) in [6, 6.07) is 18.2. The van der Waals surface area contributed by atoms with Crippen LogP contribution in [-0.2, 0) is 17.9 Å². The quantitative estimate of drug-likeness (QED) is 0.593. The highest BCUT2D eigenvalue weighted by Crippen LogP contribution is 2.35. The molecule has 1 aliphatic heterocycles. The summed E-state index contributed by atoms with van der Waals surface area (Å²) in [5, 5.41) is 5.31. The zero-order chi connectivity index (χ0) is 22.1. The van der Waals surface area contributed by atoms with E-state index in [9.17, 15) is 9.59 Å². The molecular formula is C26H29N3O2S. The second kappa shape index (κ2) is 8.58. The minimum atomic E-state index is -0.964. The molecule has 3 aromatic rings. The first-order valence-corrected chi connectivity index (χ1v) is 12.3. The van der Waals surface area contributed by atoms with Crippen molar-refractivity contribution in [3.05, 3.63) is 70.5 Å². The molecule has 1 saturated carbocycles. The van der Waals surface area contributed by atoms with Gasteiger partial charge in [0.15, 0.2) is 0 Å². The molecule has 6 heteroatoms. The second-order valence-electron chi connectivity index (χ2n) is 9.11. The molecule has 0 radical (unpaired) electrons. The summed E-state index contributed by atoms with van der Waals surface area (Å²) in [6.07, 6.45) is 5.58. The SMILES string of the molecule is CC1(C(=O)NC2CCCCC2)Cn2c(ccc2-c2ccccc2)C(=O)N1Cc1cccs1. The first-order valence-electron chi connectivity index (χ1n) is 11.5. The van der Waals surface area contributed by atoms with Gasteiger partial charge >= 0.3 is 0 Å². The molecule has 1 unspecified atom stereocenters. The Balaban J connectivity index is 1.53. The van der Waals surface area contributed by atoms with Crippen LogP contribution in [0, 0.1) is 0 Å². The Morgan fingerprint density at radius 1 is 1.03 bits per heavy atom. The molecule has 5 nitrogen and oxygen atoms in total. The van der Waals surface area contributed by atoms with E-state index in [1.807, 2.05) is 71.5 Å². The number of rotatable bonds is 5. The number of hydrogen-bond donors (Lipinski definition) is 1. The van der Waals surface area contributed by atoms with Crippen molar-refractivity contribution in [2.45, 2.75) is 63.7 Å². The largest absolute Gasteiger partial charge is 0.351 e. The Labute approximate surface area is 193 Å². The van der Waals surface area contributed by atoms with E-state index in [4.69, 9.17) is 0 Å². The van der Waals surface area contributed by atoms with Crippen molar-refractivity contribution in [1.82, 2.24) is 14.8 Å². The van der Waals surface area contributed by atoms with Crippen molar-refractivity contribution >= 4 is 23.2 Å². The first-order chi connectivity index (χ1) is 15.6. The summed E-state index contributed by atoms with van der Waals surface area (Å²) >= 11 is 1.62.